The molecule has 4 rings (SSSR count). The van der Waals surface area contributed by atoms with E-state index < -0.39 is 12.1 Å². The van der Waals surface area contributed by atoms with Gasteiger partial charge in [0.2, 0.25) is 0 Å². The van der Waals surface area contributed by atoms with E-state index in [1.54, 1.807) is 12.1 Å². The van der Waals surface area contributed by atoms with Gasteiger partial charge in [0.15, 0.2) is 0 Å². The number of primary amides is 2. The highest BCUT2D eigenvalue weighted by molar-refractivity contribution is 6.30. The van der Waals surface area contributed by atoms with Crippen LogP contribution in [0.2, 0.25) is 5.02 Å². The van der Waals surface area contributed by atoms with Gasteiger partial charge in [-0.15, -0.1) is 5.06 Å². The molecule has 0 saturated carbocycles. The van der Waals surface area contributed by atoms with Crippen LogP contribution in [0.5, 0.6) is 0 Å². The standard InChI is InChI=1S/C29H30ClN5O3/c30-26-14-12-25(13-15-26)27(24-6-2-1-3-7-24)34-19-17-33(18-20-34)16-4-5-22-8-10-23(11-9-22)21-35(28(31)36)38-29(32)37/h1-3,6-15,27H,16-21H2,(H2,31,36)(H2,32,37)/t27-/m1/s1. The first-order chi connectivity index (χ1) is 18.4. The average molecular weight is 532 g/mol. The summed E-state index contributed by atoms with van der Waals surface area (Å²) in [5.41, 5.74) is 14.2. The van der Waals surface area contributed by atoms with Crippen LogP contribution in [0.3, 0.4) is 0 Å². The molecule has 8 nitrogen and oxygen atoms in total. The summed E-state index contributed by atoms with van der Waals surface area (Å²) >= 11 is 6.14. The van der Waals surface area contributed by atoms with E-state index in [0.717, 1.165) is 42.3 Å². The number of amides is 3. The molecule has 1 heterocycles. The second-order valence-electron chi connectivity index (χ2n) is 8.96. The van der Waals surface area contributed by atoms with Gasteiger partial charge in [-0.1, -0.05) is 78.0 Å². The maximum Gasteiger partial charge on any atom is 0.429 e. The van der Waals surface area contributed by atoms with Crippen LogP contribution in [-0.4, -0.2) is 59.7 Å². The molecule has 0 bridgehead atoms. The van der Waals surface area contributed by atoms with Gasteiger partial charge >= 0.3 is 12.1 Å². The van der Waals surface area contributed by atoms with E-state index in [0.29, 0.717) is 11.6 Å². The van der Waals surface area contributed by atoms with Crippen LogP contribution in [0.4, 0.5) is 9.59 Å². The SMILES string of the molecule is NC(=O)ON(Cc1ccc(C#CCN2CCN([C@H](c3ccccc3)c3ccc(Cl)cc3)CC2)cc1)C(N)=O. The number of hydrogen-bond donors (Lipinski definition) is 2. The number of urea groups is 1. The zero-order chi connectivity index (χ0) is 26.9. The minimum atomic E-state index is -1.10. The maximum atomic E-state index is 11.4. The first-order valence-electron chi connectivity index (χ1n) is 12.3. The van der Waals surface area contributed by atoms with Gasteiger partial charge in [-0.05, 0) is 41.0 Å². The Morgan fingerprint density at radius 2 is 1.53 bits per heavy atom. The van der Waals surface area contributed by atoms with E-state index >= 15 is 0 Å². The predicted octanol–water partition coefficient (Wildman–Crippen LogP) is 3.99. The van der Waals surface area contributed by atoms with E-state index in [-0.39, 0.29) is 12.6 Å². The molecular formula is C29H30ClN5O3. The smallest absolute Gasteiger partial charge is 0.349 e. The zero-order valence-electron chi connectivity index (χ0n) is 20.9. The lowest BCUT2D eigenvalue weighted by Crippen LogP contribution is -2.47. The highest BCUT2D eigenvalue weighted by Crippen LogP contribution is 2.30. The van der Waals surface area contributed by atoms with Crippen molar-refractivity contribution in [1.29, 1.82) is 0 Å². The summed E-state index contributed by atoms with van der Waals surface area (Å²) in [5, 5.41) is 1.45. The topological polar surface area (TPSA) is 105 Å². The van der Waals surface area contributed by atoms with Crippen molar-refractivity contribution in [3.8, 4) is 11.8 Å². The predicted molar refractivity (Wildman–Crippen MR) is 147 cm³/mol. The van der Waals surface area contributed by atoms with Crippen LogP contribution in [0.25, 0.3) is 0 Å². The number of nitrogens with two attached hydrogens (primary N) is 2. The molecule has 0 aromatic heterocycles. The van der Waals surface area contributed by atoms with Gasteiger partial charge in [0, 0.05) is 36.8 Å². The van der Waals surface area contributed by atoms with Crippen LogP contribution >= 0.6 is 11.6 Å². The number of carbonyl (C=O) groups is 2. The van der Waals surface area contributed by atoms with Crippen molar-refractivity contribution >= 4 is 23.7 Å². The summed E-state index contributed by atoms with van der Waals surface area (Å²) < 4.78 is 0. The van der Waals surface area contributed by atoms with Gasteiger partial charge in [-0.25, -0.2) is 9.59 Å². The molecule has 0 radical (unpaired) electrons. The normalized spacial score (nSPS) is 14.7. The number of nitrogens with zero attached hydrogens (tertiary/aromatic N) is 3. The van der Waals surface area contributed by atoms with Gasteiger partial charge in [0.05, 0.1) is 19.1 Å². The Bertz CT molecular complexity index is 1280. The van der Waals surface area contributed by atoms with E-state index in [1.807, 2.05) is 30.3 Å². The number of hydrogen-bond acceptors (Lipinski definition) is 5. The van der Waals surface area contributed by atoms with Gasteiger partial charge in [-0.3, -0.25) is 9.80 Å². The Kier molecular flexibility index (Phi) is 9.22. The largest absolute Gasteiger partial charge is 0.429 e. The summed E-state index contributed by atoms with van der Waals surface area (Å²) in [7, 11) is 0. The third-order valence-electron chi connectivity index (χ3n) is 6.33. The Morgan fingerprint density at radius 3 is 2.13 bits per heavy atom. The lowest BCUT2D eigenvalue weighted by molar-refractivity contribution is -0.0575. The van der Waals surface area contributed by atoms with Gasteiger partial charge in [0.1, 0.15) is 0 Å². The number of halogens is 1. The number of piperazine rings is 1. The fraction of sp³-hybridized carbons (Fsp3) is 0.241. The average Bonchev–Trinajstić information content (AvgIpc) is 2.92. The molecular weight excluding hydrogens is 502 g/mol. The molecule has 3 aromatic rings. The molecule has 0 spiro atoms. The molecule has 38 heavy (non-hydrogen) atoms. The summed E-state index contributed by atoms with van der Waals surface area (Å²) in [6.45, 7) is 4.38. The van der Waals surface area contributed by atoms with E-state index in [4.69, 9.17) is 23.1 Å². The highest BCUT2D eigenvalue weighted by atomic mass is 35.5. The van der Waals surface area contributed by atoms with Crippen molar-refractivity contribution in [1.82, 2.24) is 14.9 Å². The van der Waals surface area contributed by atoms with Crippen LogP contribution in [-0.2, 0) is 11.4 Å². The van der Waals surface area contributed by atoms with E-state index in [1.165, 1.54) is 11.1 Å². The third kappa shape index (κ3) is 7.49. The van der Waals surface area contributed by atoms with Crippen LogP contribution in [0.15, 0.2) is 78.9 Å². The summed E-state index contributed by atoms with van der Waals surface area (Å²) in [4.78, 5) is 31.8. The van der Waals surface area contributed by atoms with Crippen molar-refractivity contribution in [3.63, 3.8) is 0 Å². The molecule has 1 aliphatic rings. The van der Waals surface area contributed by atoms with Crippen molar-refractivity contribution < 1.29 is 14.4 Å². The molecule has 3 aromatic carbocycles. The zero-order valence-corrected chi connectivity index (χ0v) is 21.7. The van der Waals surface area contributed by atoms with Crippen LogP contribution in [0, 0.1) is 11.8 Å². The highest BCUT2D eigenvalue weighted by Gasteiger charge is 2.26. The molecule has 1 saturated heterocycles. The van der Waals surface area contributed by atoms with E-state index in [9.17, 15) is 9.59 Å². The first kappa shape index (κ1) is 27.0. The molecule has 196 valence electrons. The first-order valence-corrected chi connectivity index (χ1v) is 12.7. The number of benzene rings is 3. The molecule has 1 atom stereocenters. The minimum Gasteiger partial charge on any atom is -0.349 e. The van der Waals surface area contributed by atoms with Gasteiger partial charge < -0.3 is 16.3 Å². The second-order valence-corrected chi connectivity index (χ2v) is 9.40. The molecule has 4 N–H and O–H groups in total. The van der Waals surface area contributed by atoms with Crippen molar-refractivity contribution in [2.24, 2.45) is 11.5 Å². The third-order valence-corrected chi connectivity index (χ3v) is 6.59. The Labute approximate surface area is 227 Å². The van der Waals surface area contributed by atoms with Gasteiger partial charge in [0.25, 0.3) is 0 Å². The fourth-order valence-corrected chi connectivity index (χ4v) is 4.58. The summed E-state index contributed by atoms with van der Waals surface area (Å²) in [6.07, 6.45) is -1.10. The van der Waals surface area contributed by atoms with Gasteiger partial charge in [-0.2, -0.15) is 0 Å². The summed E-state index contributed by atoms with van der Waals surface area (Å²) in [5.74, 6) is 6.45. The fourth-order valence-electron chi connectivity index (χ4n) is 4.45. The Hall–Kier alpha value is -4.03. The number of carbonyl (C=O) groups excluding carboxylic acids is 2. The molecule has 1 fully saturated rings. The Balaban J connectivity index is 1.32. The monoisotopic (exact) mass is 531 g/mol. The number of hydroxylamine groups is 2. The summed E-state index contributed by atoms with van der Waals surface area (Å²) in [6, 6.07) is 25.2. The Morgan fingerprint density at radius 1 is 0.895 bits per heavy atom. The maximum absolute atomic E-state index is 11.4. The molecule has 9 heteroatoms. The van der Waals surface area contributed by atoms with E-state index in [2.05, 4.69) is 62.9 Å². The quantitative estimate of drug-likeness (QED) is 0.369. The van der Waals surface area contributed by atoms with Crippen molar-refractivity contribution in [3.05, 3.63) is 106 Å². The molecule has 0 aliphatic carbocycles. The lowest BCUT2D eigenvalue weighted by atomic mass is 9.96. The number of rotatable bonds is 6. The lowest BCUT2D eigenvalue weighted by Gasteiger charge is -2.39. The van der Waals surface area contributed by atoms with Crippen LogP contribution < -0.4 is 11.5 Å². The van der Waals surface area contributed by atoms with Crippen molar-refractivity contribution in [2.75, 3.05) is 32.7 Å². The molecule has 1 aliphatic heterocycles. The second kappa shape index (κ2) is 13.0. The molecule has 0 unspecified atom stereocenters. The minimum absolute atomic E-state index is 0.00371. The van der Waals surface area contributed by atoms with Crippen molar-refractivity contribution in [2.45, 2.75) is 12.6 Å². The van der Waals surface area contributed by atoms with Crippen LogP contribution in [0.1, 0.15) is 28.3 Å². The molecule has 3 amide bonds.